The molecule has 0 aliphatic heterocycles. The topological polar surface area (TPSA) is 95.6 Å². The quantitative estimate of drug-likeness (QED) is 0.586. The second kappa shape index (κ2) is 9.21. The van der Waals surface area contributed by atoms with E-state index < -0.39 is 15.9 Å². The molecule has 1 heterocycles. The Morgan fingerprint density at radius 1 is 0.967 bits per heavy atom. The summed E-state index contributed by atoms with van der Waals surface area (Å²) < 4.78 is 27.7. The van der Waals surface area contributed by atoms with Crippen LogP contribution in [0.25, 0.3) is 0 Å². The van der Waals surface area contributed by atoms with Crippen molar-refractivity contribution in [1.29, 1.82) is 0 Å². The zero-order chi connectivity index (χ0) is 21.7. The summed E-state index contributed by atoms with van der Waals surface area (Å²) in [6.45, 7) is 0.184. The average Bonchev–Trinajstić information content (AvgIpc) is 3.26. The number of anilines is 1. The van der Waals surface area contributed by atoms with Gasteiger partial charge in [0.2, 0.25) is 10.0 Å². The van der Waals surface area contributed by atoms with Crippen LogP contribution in [0.5, 0.6) is 0 Å². The van der Waals surface area contributed by atoms with Gasteiger partial charge < -0.3 is 10.2 Å². The van der Waals surface area contributed by atoms with Crippen LogP contribution in [0.2, 0.25) is 0 Å². The molecule has 156 valence electrons. The van der Waals surface area contributed by atoms with Gasteiger partial charge in [0.1, 0.15) is 0 Å². The van der Waals surface area contributed by atoms with Crippen LogP contribution in [0.3, 0.4) is 0 Å². The second-order valence-corrected chi connectivity index (χ2v) is 9.47. The van der Waals surface area contributed by atoms with Crippen LogP contribution >= 0.6 is 11.3 Å². The summed E-state index contributed by atoms with van der Waals surface area (Å²) in [6.07, 6.45) is 0. The third-order valence-corrected chi connectivity index (χ3v) is 6.47. The summed E-state index contributed by atoms with van der Waals surface area (Å²) in [5.74, 6) is -0.657. The number of hydrogen-bond donors (Lipinski definition) is 2. The number of carbonyl (C=O) groups is 2. The largest absolute Gasteiger partial charge is 0.345 e. The monoisotopic (exact) mass is 443 g/mol. The first-order chi connectivity index (χ1) is 14.3. The molecule has 2 amide bonds. The van der Waals surface area contributed by atoms with Crippen molar-refractivity contribution in [1.82, 2.24) is 9.62 Å². The molecule has 0 saturated carbocycles. The Kier molecular flexibility index (Phi) is 6.66. The molecular formula is C21H21N3O4S2. The van der Waals surface area contributed by atoms with Gasteiger partial charge >= 0.3 is 0 Å². The molecule has 0 radical (unpaired) electrons. The SMILES string of the molecule is CN(C)C(=O)c1cccc(NC(=O)c2cccc(S(=O)(=O)NCc3cccs3)c2)c1. The first-order valence-corrected chi connectivity index (χ1v) is 11.4. The highest BCUT2D eigenvalue weighted by molar-refractivity contribution is 7.89. The summed E-state index contributed by atoms with van der Waals surface area (Å²) in [6, 6.07) is 16.0. The number of sulfonamides is 1. The lowest BCUT2D eigenvalue weighted by Gasteiger charge is -2.12. The van der Waals surface area contributed by atoms with Crippen molar-refractivity contribution in [2.24, 2.45) is 0 Å². The maximum absolute atomic E-state index is 12.6. The Morgan fingerprint density at radius 2 is 1.70 bits per heavy atom. The van der Waals surface area contributed by atoms with Crippen LogP contribution in [-0.4, -0.2) is 39.2 Å². The molecule has 0 bridgehead atoms. The minimum atomic E-state index is -3.77. The Balaban J connectivity index is 1.75. The van der Waals surface area contributed by atoms with Gasteiger partial charge in [-0.2, -0.15) is 0 Å². The van der Waals surface area contributed by atoms with Gasteiger partial charge in [0.15, 0.2) is 0 Å². The van der Waals surface area contributed by atoms with Crippen LogP contribution in [0.15, 0.2) is 70.9 Å². The van der Waals surface area contributed by atoms with E-state index in [2.05, 4.69) is 10.0 Å². The standard InChI is InChI=1S/C21H21N3O4S2/c1-24(2)21(26)16-7-3-8-17(12-16)23-20(25)15-6-4-10-19(13-15)30(27,28)22-14-18-9-5-11-29-18/h3-13,22H,14H2,1-2H3,(H,23,25). The number of benzene rings is 2. The zero-order valence-electron chi connectivity index (χ0n) is 16.5. The molecule has 0 unspecified atom stereocenters. The molecule has 2 N–H and O–H groups in total. The lowest BCUT2D eigenvalue weighted by Crippen LogP contribution is -2.23. The fraction of sp³-hybridized carbons (Fsp3) is 0.143. The van der Waals surface area contributed by atoms with Crippen LogP contribution in [0.1, 0.15) is 25.6 Å². The van der Waals surface area contributed by atoms with Crippen molar-refractivity contribution in [3.05, 3.63) is 82.0 Å². The minimum Gasteiger partial charge on any atom is -0.345 e. The molecule has 1 aromatic heterocycles. The first-order valence-electron chi connectivity index (χ1n) is 9.01. The molecule has 0 aliphatic carbocycles. The molecule has 7 nitrogen and oxygen atoms in total. The predicted octanol–water partition coefficient (Wildman–Crippen LogP) is 3.18. The van der Waals surface area contributed by atoms with Crippen molar-refractivity contribution < 1.29 is 18.0 Å². The van der Waals surface area contributed by atoms with Gasteiger partial charge in [-0.15, -0.1) is 11.3 Å². The molecule has 30 heavy (non-hydrogen) atoms. The van der Waals surface area contributed by atoms with Gasteiger partial charge in [-0.1, -0.05) is 18.2 Å². The van der Waals surface area contributed by atoms with Gasteiger partial charge in [0.05, 0.1) is 4.90 Å². The van der Waals surface area contributed by atoms with E-state index in [9.17, 15) is 18.0 Å². The third-order valence-electron chi connectivity index (χ3n) is 4.20. The van der Waals surface area contributed by atoms with Crippen LogP contribution in [0.4, 0.5) is 5.69 Å². The van der Waals surface area contributed by atoms with Crippen LogP contribution in [0, 0.1) is 0 Å². The van der Waals surface area contributed by atoms with Crippen molar-refractivity contribution in [2.75, 3.05) is 19.4 Å². The zero-order valence-corrected chi connectivity index (χ0v) is 18.1. The van der Waals surface area contributed by atoms with Crippen LogP contribution < -0.4 is 10.0 Å². The van der Waals surface area contributed by atoms with Gasteiger partial charge in [-0.25, -0.2) is 13.1 Å². The van der Waals surface area contributed by atoms with Gasteiger partial charge in [-0.05, 0) is 47.8 Å². The number of carbonyl (C=O) groups excluding carboxylic acids is 2. The Bertz CT molecular complexity index is 1160. The van der Waals surface area contributed by atoms with E-state index in [1.807, 2.05) is 17.5 Å². The molecular weight excluding hydrogens is 422 g/mol. The highest BCUT2D eigenvalue weighted by atomic mass is 32.2. The summed E-state index contributed by atoms with van der Waals surface area (Å²) in [5.41, 5.74) is 1.07. The molecule has 0 saturated heterocycles. The smallest absolute Gasteiger partial charge is 0.255 e. The number of hydrogen-bond acceptors (Lipinski definition) is 5. The highest BCUT2D eigenvalue weighted by Gasteiger charge is 2.17. The lowest BCUT2D eigenvalue weighted by molar-refractivity contribution is 0.0827. The normalized spacial score (nSPS) is 11.1. The Labute approximate surface area is 179 Å². The molecule has 9 heteroatoms. The van der Waals surface area contributed by atoms with Crippen LogP contribution in [-0.2, 0) is 16.6 Å². The fourth-order valence-corrected chi connectivity index (χ4v) is 4.45. The molecule has 3 rings (SSSR count). The maximum atomic E-state index is 12.6. The number of nitrogens with zero attached hydrogens (tertiary/aromatic N) is 1. The van der Waals surface area contributed by atoms with Gasteiger partial charge in [0.25, 0.3) is 11.8 Å². The summed E-state index contributed by atoms with van der Waals surface area (Å²) in [5, 5.41) is 4.57. The first kappa shape index (κ1) is 21.7. The van der Waals surface area contributed by atoms with Crippen molar-refractivity contribution >= 4 is 38.9 Å². The van der Waals surface area contributed by atoms with Crippen molar-refractivity contribution in [2.45, 2.75) is 11.4 Å². The molecule has 0 spiro atoms. The van der Waals surface area contributed by atoms with E-state index in [-0.39, 0.29) is 22.9 Å². The molecule has 0 atom stereocenters. The van der Waals surface area contributed by atoms with E-state index in [4.69, 9.17) is 0 Å². The van der Waals surface area contributed by atoms with E-state index in [0.29, 0.717) is 11.3 Å². The minimum absolute atomic E-state index is 0.00300. The van der Waals surface area contributed by atoms with Gasteiger partial charge in [0, 0.05) is 42.3 Å². The van der Waals surface area contributed by atoms with Gasteiger partial charge in [-0.3, -0.25) is 9.59 Å². The maximum Gasteiger partial charge on any atom is 0.255 e. The second-order valence-electron chi connectivity index (χ2n) is 6.67. The number of amides is 2. The van der Waals surface area contributed by atoms with Crippen molar-refractivity contribution in [3.8, 4) is 0 Å². The third kappa shape index (κ3) is 5.32. The summed E-state index contributed by atoms with van der Waals surface area (Å²) in [7, 11) is -0.477. The average molecular weight is 444 g/mol. The number of rotatable bonds is 7. The molecule has 2 aromatic carbocycles. The van der Waals surface area contributed by atoms with E-state index in [0.717, 1.165) is 4.88 Å². The Hall–Kier alpha value is -3.01. The number of nitrogens with one attached hydrogen (secondary N) is 2. The van der Waals surface area contributed by atoms with Crippen molar-refractivity contribution in [3.63, 3.8) is 0 Å². The fourth-order valence-electron chi connectivity index (χ4n) is 2.66. The molecule has 3 aromatic rings. The van der Waals surface area contributed by atoms with E-state index in [1.165, 1.54) is 40.5 Å². The van der Waals surface area contributed by atoms with E-state index >= 15 is 0 Å². The highest BCUT2D eigenvalue weighted by Crippen LogP contribution is 2.17. The summed E-state index contributed by atoms with van der Waals surface area (Å²) in [4.78, 5) is 27.1. The van der Waals surface area contributed by atoms with E-state index in [1.54, 1.807) is 38.4 Å². The molecule has 0 aliphatic rings. The summed E-state index contributed by atoms with van der Waals surface area (Å²) >= 11 is 1.45. The number of thiophene rings is 1. The predicted molar refractivity (Wildman–Crippen MR) is 117 cm³/mol. The molecule has 0 fully saturated rings. The Morgan fingerprint density at radius 3 is 2.40 bits per heavy atom. The lowest BCUT2D eigenvalue weighted by atomic mass is 10.1.